The number of amides is 1. The van der Waals surface area contributed by atoms with Gasteiger partial charge >= 0.3 is 5.97 Å². The summed E-state index contributed by atoms with van der Waals surface area (Å²) in [6.07, 6.45) is 0. The second kappa shape index (κ2) is 8.80. The van der Waals surface area contributed by atoms with Crippen molar-refractivity contribution in [1.29, 1.82) is 0 Å². The molecule has 3 N–H and O–H groups in total. The first-order valence-corrected chi connectivity index (χ1v) is 10.5. The Bertz CT molecular complexity index is 1280. The van der Waals surface area contributed by atoms with Gasteiger partial charge in [0.05, 0.1) is 10.5 Å². The molecule has 0 heterocycles. The molecule has 0 fully saturated rings. The Labute approximate surface area is 178 Å². The lowest BCUT2D eigenvalue weighted by Gasteiger charge is -2.11. The molecule has 3 rings (SSSR count). The van der Waals surface area contributed by atoms with Crippen LogP contribution >= 0.6 is 0 Å². The van der Waals surface area contributed by atoms with E-state index in [1.165, 1.54) is 67.6 Å². The van der Waals surface area contributed by atoms with Crippen molar-refractivity contribution < 1.29 is 27.9 Å². The van der Waals surface area contributed by atoms with Crippen molar-refractivity contribution in [3.63, 3.8) is 0 Å². The van der Waals surface area contributed by atoms with Crippen molar-refractivity contribution in [3.05, 3.63) is 89.5 Å². The minimum absolute atomic E-state index is 0.00567. The van der Waals surface area contributed by atoms with E-state index >= 15 is 0 Å². The summed E-state index contributed by atoms with van der Waals surface area (Å²) in [6.45, 7) is 1.38. The summed E-state index contributed by atoms with van der Waals surface area (Å²) in [5.74, 6) is -1.94. The summed E-state index contributed by atoms with van der Waals surface area (Å²) in [5.41, 5.74) is 0.912. The molecule has 158 valence electrons. The first kappa shape index (κ1) is 21.7. The molecule has 9 heteroatoms. The molecule has 0 bridgehead atoms. The van der Waals surface area contributed by atoms with Crippen LogP contribution in [-0.2, 0) is 10.0 Å². The van der Waals surface area contributed by atoms with E-state index < -0.39 is 21.9 Å². The Morgan fingerprint density at radius 1 is 0.774 bits per heavy atom. The minimum atomic E-state index is -4.02. The third-order valence-electron chi connectivity index (χ3n) is 4.30. The van der Waals surface area contributed by atoms with Crippen molar-refractivity contribution in [1.82, 2.24) is 0 Å². The van der Waals surface area contributed by atoms with Crippen LogP contribution in [0.25, 0.3) is 0 Å². The van der Waals surface area contributed by atoms with E-state index in [0.717, 1.165) is 0 Å². The number of carboxylic acid groups (broad SMARTS) is 1. The molecule has 0 aliphatic carbocycles. The number of Topliss-reactive ketones (excluding diaryl/α,β-unsaturated/α-hetero) is 1. The number of carbonyl (C=O) groups is 3. The summed E-state index contributed by atoms with van der Waals surface area (Å²) in [6, 6.07) is 17.1. The average Bonchev–Trinajstić information content (AvgIpc) is 2.74. The number of hydrogen-bond acceptors (Lipinski definition) is 5. The fraction of sp³-hybridized carbons (Fsp3) is 0.0455. The Kier molecular flexibility index (Phi) is 6.17. The second-order valence-corrected chi connectivity index (χ2v) is 8.29. The molecule has 0 atom stereocenters. The average molecular weight is 438 g/mol. The highest BCUT2D eigenvalue weighted by molar-refractivity contribution is 7.92. The Balaban J connectivity index is 1.82. The third-order valence-corrected chi connectivity index (χ3v) is 5.67. The molecule has 0 aliphatic rings. The number of aromatic carboxylic acids is 1. The van der Waals surface area contributed by atoms with Crippen molar-refractivity contribution >= 4 is 39.1 Å². The van der Waals surface area contributed by atoms with E-state index in [1.54, 1.807) is 12.1 Å². The Morgan fingerprint density at radius 2 is 1.35 bits per heavy atom. The zero-order chi connectivity index (χ0) is 22.6. The quantitative estimate of drug-likeness (QED) is 0.483. The maximum absolute atomic E-state index is 12.7. The van der Waals surface area contributed by atoms with Crippen molar-refractivity contribution in [2.75, 3.05) is 10.0 Å². The van der Waals surface area contributed by atoms with Gasteiger partial charge in [-0.05, 0) is 55.5 Å². The van der Waals surface area contributed by atoms with Gasteiger partial charge in [-0.15, -0.1) is 0 Å². The lowest BCUT2D eigenvalue weighted by atomic mass is 10.1. The van der Waals surface area contributed by atoms with Gasteiger partial charge in [0, 0.05) is 22.5 Å². The van der Waals surface area contributed by atoms with Gasteiger partial charge < -0.3 is 10.4 Å². The Hall–Kier alpha value is -3.98. The van der Waals surface area contributed by atoms with E-state index in [2.05, 4.69) is 10.0 Å². The number of carbonyl (C=O) groups excluding carboxylic acids is 2. The molecule has 0 saturated carbocycles. The predicted octanol–water partition coefficient (Wildman–Crippen LogP) is 3.64. The van der Waals surface area contributed by atoms with Crippen LogP contribution in [0, 0.1) is 0 Å². The summed E-state index contributed by atoms with van der Waals surface area (Å²) in [5, 5.41) is 11.6. The van der Waals surface area contributed by atoms with E-state index in [0.29, 0.717) is 5.56 Å². The topological polar surface area (TPSA) is 130 Å². The predicted molar refractivity (Wildman–Crippen MR) is 115 cm³/mol. The van der Waals surface area contributed by atoms with E-state index in [1.807, 2.05) is 0 Å². The fourth-order valence-electron chi connectivity index (χ4n) is 2.75. The minimum Gasteiger partial charge on any atom is -0.478 e. The molecular weight excluding hydrogens is 420 g/mol. The zero-order valence-electron chi connectivity index (χ0n) is 16.3. The van der Waals surface area contributed by atoms with Gasteiger partial charge in [0.15, 0.2) is 5.78 Å². The standard InChI is InChI=1S/C22H18N2O6S/c1-14(25)15-5-2-9-19(11-15)24-31(29,30)20-10-4-6-16(13-20)21(26)23-18-8-3-7-17(12-18)22(27)28/h2-13,24H,1H3,(H,23,26)(H,27,28). The number of benzene rings is 3. The van der Waals surface area contributed by atoms with Crippen LogP contribution in [0.2, 0.25) is 0 Å². The van der Waals surface area contributed by atoms with Crippen LogP contribution in [0.3, 0.4) is 0 Å². The lowest BCUT2D eigenvalue weighted by Crippen LogP contribution is -2.16. The number of sulfonamides is 1. The van der Waals surface area contributed by atoms with E-state index in [9.17, 15) is 22.8 Å². The highest BCUT2D eigenvalue weighted by Crippen LogP contribution is 2.19. The highest BCUT2D eigenvalue weighted by Gasteiger charge is 2.17. The van der Waals surface area contributed by atoms with Gasteiger partial charge in [-0.25, -0.2) is 13.2 Å². The first-order chi connectivity index (χ1) is 14.7. The maximum Gasteiger partial charge on any atom is 0.335 e. The normalized spacial score (nSPS) is 10.9. The van der Waals surface area contributed by atoms with Crippen molar-refractivity contribution in [2.24, 2.45) is 0 Å². The van der Waals surface area contributed by atoms with E-state index in [-0.39, 0.29) is 33.2 Å². The first-order valence-electron chi connectivity index (χ1n) is 9.04. The third kappa shape index (κ3) is 5.34. The number of nitrogens with one attached hydrogen (secondary N) is 2. The molecule has 0 radical (unpaired) electrons. The molecule has 8 nitrogen and oxygen atoms in total. The highest BCUT2D eigenvalue weighted by atomic mass is 32.2. The molecular formula is C22H18N2O6S. The largest absolute Gasteiger partial charge is 0.478 e. The molecule has 1 amide bonds. The van der Waals surface area contributed by atoms with Crippen molar-refractivity contribution in [2.45, 2.75) is 11.8 Å². The van der Waals surface area contributed by atoms with Gasteiger partial charge in [-0.1, -0.05) is 24.3 Å². The van der Waals surface area contributed by atoms with E-state index in [4.69, 9.17) is 5.11 Å². The summed E-state index contributed by atoms with van der Waals surface area (Å²) in [4.78, 5) is 35.0. The molecule has 0 aromatic heterocycles. The zero-order valence-corrected chi connectivity index (χ0v) is 17.1. The van der Waals surface area contributed by atoms with Gasteiger partial charge in [0.1, 0.15) is 0 Å². The van der Waals surface area contributed by atoms with Gasteiger partial charge in [0.2, 0.25) is 0 Å². The summed E-state index contributed by atoms with van der Waals surface area (Å²) >= 11 is 0. The second-order valence-electron chi connectivity index (χ2n) is 6.61. The van der Waals surface area contributed by atoms with Crippen LogP contribution in [0.5, 0.6) is 0 Å². The van der Waals surface area contributed by atoms with Crippen LogP contribution in [0.15, 0.2) is 77.7 Å². The smallest absolute Gasteiger partial charge is 0.335 e. The van der Waals surface area contributed by atoms with Crippen LogP contribution in [0.1, 0.15) is 38.0 Å². The van der Waals surface area contributed by atoms with Gasteiger partial charge in [-0.2, -0.15) is 0 Å². The molecule has 0 aliphatic heterocycles. The van der Waals surface area contributed by atoms with Crippen LogP contribution in [-0.4, -0.2) is 31.2 Å². The lowest BCUT2D eigenvalue weighted by molar-refractivity contribution is 0.0696. The number of ketones is 1. The molecule has 0 unspecified atom stereocenters. The Morgan fingerprint density at radius 3 is 2.03 bits per heavy atom. The fourth-order valence-corrected chi connectivity index (χ4v) is 3.85. The van der Waals surface area contributed by atoms with Gasteiger partial charge in [0.25, 0.3) is 15.9 Å². The SMILES string of the molecule is CC(=O)c1cccc(NS(=O)(=O)c2cccc(C(=O)Nc3cccc(C(=O)O)c3)c2)c1. The summed E-state index contributed by atoms with van der Waals surface area (Å²) in [7, 11) is -4.02. The maximum atomic E-state index is 12.7. The molecule has 3 aromatic rings. The number of anilines is 2. The monoisotopic (exact) mass is 438 g/mol. The number of rotatable bonds is 7. The van der Waals surface area contributed by atoms with Gasteiger partial charge in [-0.3, -0.25) is 14.3 Å². The molecule has 0 spiro atoms. The molecule has 3 aromatic carbocycles. The number of carboxylic acids is 1. The summed E-state index contributed by atoms with van der Waals surface area (Å²) < 4.78 is 27.9. The number of hydrogen-bond donors (Lipinski definition) is 3. The van der Waals surface area contributed by atoms with Crippen LogP contribution in [0.4, 0.5) is 11.4 Å². The molecule has 31 heavy (non-hydrogen) atoms. The van der Waals surface area contributed by atoms with Crippen molar-refractivity contribution in [3.8, 4) is 0 Å². The molecule has 0 saturated heterocycles. The van der Waals surface area contributed by atoms with Crippen LogP contribution < -0.4 is 10.0 Å².